The SMILES string of the molecule is Cn1c(C(=O)NC(Cc2ccncc2)C2CC(O)C2)cc(=O)n(C)c1=O. The van der Waals surface area contributed by atoms with E-state index in [1.54, 1.807) is 12.4 Å². The minimum absolute atomic E-state index is 0.0256. The van der Waals surface area contributed by atoms with Crippen molar-refractivity contribution in [3.8, 4) is 0 Å². The molecule has 2 aromatic rings. The second kappa shape index (κ2) is 7.25. The molecular weight excluding hydrogens is 336 g/mol. The van der Waals surface area contributed by atoms with Crippen LogP contribution in [0.5, 0.6) is 0 Å². The van der Waals surface area contributed by atoms with Crippen molar-refractivity contribution in [3.05, 3.63) is 62.7 Å². The molecule has 138 valence electrons. The van der Waals surface area contributed by atoms with Crippen LogP contribution in [0, 0.1) is 5.92 Å². The molecule has 0 bridgehead atoms. The highest BCUT2D eigenvalue weighted by atomic mass is 16.3. The summed E-state index contributed by atoms with van der Waals surface area (Å²) in [5.74, 6) is -0.326. The van der Waals surface area contributed by atoms with Gasteiger partial charge in [-0.15, -0.1) is 0 Å². The fraction of sp³-hybridized carbons (Fsp3) is 0.444. The summed E-state index contributed by atoms with van der Waals surface area (Å²) in [5.41, 5.74) is -0.0299. The van der Waals surface area contributed by atoms with E-state index in [0.717, 1.165) is 20.8 Å². The molecule has 26 heavy (non-hydrogen) atoms. The van der Waals surface area contributed by atoms with Crippen LogP contribution in [0.4, 0.5) is 0 Å². The lowest BCUT2D eigenvalue weighted by atomic mass is 9.75. The van der Waals surface area contributed by atoms with Gasteiger partial charge in [-0.25, -0.2) is 4.79 Å². The minimum Gasteiger partial charge on any atom is -0.393 e. The summed E-state index contributed by atoms with van der Waals surface area (Å²) in [6, 6.07) is 4.72. The zero-order valence-corrected chi connectivity index (χ0v) is 14.8. The van der Waals surface area contributed by atoms with E-state index in [1.165, 1.54) is 14.1 Å². The lowest BCUT2D eigenvalue weighted by Crippen LogP contribution is -2.50. The fourth-order valence-corrected chi connectivity index (χ4v) is 3.26. The largest absolute Gasteiger partial charge is 0.393 e. The molecule has 2 heterocycles. The van der Waals surface area contributed by atoms with Crippen LogP contribution < -0.4 is 16.6 Å². The molecule has 0 spiro atoms. The first kappa shape index (κ1) is 18.1. The number of aliphatic hydroxyl groups is 1. The van der Waals surface area contributed by atoms with E-state index in [-0.39, 0.29) is 23.8 Å². The molecular formula is C18H22N4O4. The van der Waals surface area contributed by atoms with Crippen molar-refractivity contribution in [3.63, 3.8) is 0 Å². The molecule has 3 rings (SSSR count). The predicted molar refractivity (Wildman–Crippen MR) is 94.9 cm³/mol. The number of nitrogens with zero attached hydrogens (tertiary/aromatic N) is 3. The van der Waals surface area contributed by atoms with Gasteiger partial charge in [0.15, 0.2) is 0 Å². The lowest BCUT2D eigenvalue weighted by molar-refractivity contribution is 0.0238. The summed E-state index contributed by atoms with van der Waals surface area (Å²) >= 11 is 0. The highest BCUT2D eigenvalue weighted by Crippen LogP contribution is 2.31. The number of amides is 1. The van der Waals surface area contributed by atoms with Crippen LogP contribution in [-0.2, 0) is 20.5 Å². The Balaban J connectivity index is 1.84. The minimum atomic E-state index is -0.549. The van der Waals surface area contributed by atoms with E-state index < -0.39 is 17.2 Å². The zero-order valence-electron chi connectivity index (χ0n) is 14.8. The van der Waals surface area contributed by atoms with Gasteiger partial charge < -0.3 is 10.4 Å². The Morgan fingerprint density at radius 1 is 1.27 bits per heavy atom. The maximum atomic E-state index is 12.7. The lowest BCUT2D eigenvalue weighted by Gasteiger charge is -2.38. The topological polar surface area (TPSA) is 106 Å². The van der Waals surface area contributed by atoms with Crippen LogP contribution in [0.1, 0.15) is 28.9 Å². The summed E-state index contributed by atoms with van der Waals surface area (Å²) in [6.45, 7) is 0. The van der Waals surface area contributed by atoms with E-state index >= 15 is 0 Å². The Labute approximate surface area is 150 Å². The number of aliphatic hydroxyl groups excluding tert-OH is 1. The number of nitrogens with one attached hydrogen (secondary N) is 1. The third kappa shape index (κ3) is 3.60. The highest BCUT2D eigenvalue weighted by Gasteiger charge is 2.35. The normalized spacial score (nSPS) is 20.3. The molecule has 1 aliphatic carbocycles. The molecule has 2 aromatic heterocycles. The van der Waals surface area contributed by atoms with Gasteiger partial charge in [0.05, 0.1) is 6.10 Å². The molecule has 8 nitrogen and oxygen atoms in total. The number of rotatable bonds is 5. The molecule has 0 saturated heterocycles. The monoisotopic (exact) mass is 358 g/mol. The van der Waals surface area contributed by atoms with Crippen LogP contribution in [0.3, 0.4) is 0 Å². The van der Waals surface area contributed by atoms with Gasteiger partial charge in [-0.2, -0.15) is 0 Å². The van der Waals surface area contributed by atoms with Crippen molar-refractivity contribution in [2.45, 2.75) is 31.4 Å². The fourth-order valence-electron chi connectivity index (χ4n) is 3.26. The number of aromatic nitrogens is 3. The van der Waals surface area contributed by atoms with Crippen molar-refractivity contribution < 1.29 is 9.90 Å². The number of carbonyl (C=O) groups excluding carboxylic acids is 1. The van der Waals surface area contributed by atoms with Crippen molar-refractivity contribution in [1.29, 1.82) is 0 Å². The highest BCUT2D eigenvalue weighted by molar-refractivity contribution is 5.92. The molecule has 1 unspecified atom stereocenters. The molecule has 0 radical (unpaired) electrons. The zero-order chi connectivity index (χ0) is 18.8. The van der Waals surface area contributed by atoms with E-state index in [9.17, 15) is 19.5 Å². The van der Waals surface area contributed by atoms with E-state index in [2.05, 4.69) is 10.3 Å². The van der Waals surface area contributed by atoms with Crippen LogP contribution in [-0.4, -0.2) is 37.3 Å². The summed E-state index contributed by atoms with van der Waals surface area (Å²) < 4.78 is 2.11. The predicted octanol–water partition coefficient (Wildman–Crippen LogP) is -0.409. The Kier molecular flexibility index (Phi) is 5.03. The van der Waals surface area contributed by atoms with E-state index in [1.807, 2.05) is 12.1 Å². The summed E-state index contributed by atoms with van der Waals surface area (Å²) in [4.78, 5) is 40.6. The first-order chi connectivity index (χ1) is 12.4. The van der Waals surface area contributed by atoms with Gasteiger partial charge in [0, 0.05) is 38.6 Å². The molecule has 1 amide bonds. The number of hydrogen-bond donors (Lipinski definition) is 2. The summed E-state index contributed by atoms with van der Waals surface area (Å²) in [7, 11) is 2.83. The number of hydrogen-bond acceptors (Lipinski definition) is 5. The van der Waals surface area contributed by atoms with Gasteiger partial charge in [0.25, 0.3) is 11.5 Å². The van der Waals surface area contributed by atoms with Gasteiger partial charge in [0.1, 0.15) is 5.69 Å². The van der Waals surface area contributed by atoms with Crippen molar-refractivity contribution >= 4 is 5.91 Å². The smallest absolute Gasteiger partial charge is 0.331 e. The third-order valence-corrected chi connectivity index (χ3v) is 5.00. The van der Waals surface area contributed by atoms with Gasteiger partial charge in [0.2, 0.25) is 0 Å². The molecule has 1 saturated carbocycles. The van der Waals surface area contributed by atoms with Crippen LogP contribution in [0.2, 0.25) is 0 Å². The molecule has 1 fully saturated rings. The van der Waals surface area contributed by atoms with Gasteiger partial charge in [-0.1, -0.05) is 0 Å². The Morgan fingerprint density at radius 2 is 1.92 bits per heavy atom. The summed E-state index contributed by atoms with van der Waals surface area (Å²) in [5, 5.41) is 12.6. The molecule has 8 heteroatoms. The van der Waals surface area contributed by atoms with E-state index in [0.29, 0.717) is 19.3 Å². The first-order valence-corrected chi connectivity index (χ1v) is 8.51. The van der Waals surface area contributed by atoms with Gasteiger partial charge >= 0.3 is 5.69 Å². The number of carbonyl (C=O) groups is 1. The first-order valence-electron chi connectivity index (χ1n) is 8.51. The van der Waals surface area contributed by atoms with Crippen LogP contribution in [0.25, 0.3) is 0 Å². The van der Waals surface area contributed by atoms with E-state index in [4.69, 9.17) is 0 Å². The molecule has 1 atom stereocenters. The van der Waals surface area contributed by atoms with Gasteiger partial charge in [-0.05, 0) is 42.9 Å². The molecule has 2 N–H and O–H groups in total. The quantitative estimate of drug-likeness (QED) is 0.756. The van der Waals surface area contributed by atoms with Crippen LogP contribution in [0.15, 0.2) is 40.2 Å². The third-order valence-electron chi connectivity index (χ3n) is 5.00. The maximum absolute atomic E-state index is 12.7. The molecule has 0 aromatic carbocycles. The second-order valence-corrected chi connectivity index (χ2v) is 6.79. The molecule has 1 aliphatic rings. The number of pyridine rings is 1. The van der Waals surface area contributed by atoms with Crippen LogP contribution >= 0.6 is 0 Å². The molecule has 0 aliphatic heterocycles. The summed E-state index contributed by atoms with van der Waals surface area (Å²) in [6.07, 6.45) is 4.86. The maximum Gasteiger partial charge on any atom is 0.331 e. The average molecular weight is 358 g/mol. The van der Waals surface area contributed by atoms with Crippen molar-refractivity contribution in [2.75, 3.05) is 0 Å². The van der Waals surface area contributed by atoms with Crippen molar-refractivity contribution in [2.24, 2.45) is 20.0 Å². The van der Waals surface area contributed by atoms with Crippen molar-refractivity contribution in [1.82, 2.24) is 19.4 Å². The Morgan fingerprint density at radius 3 is 2.54 bits per heavy atom. The second-order valence-electron chi connectivity index (χ2n) is 6.79. The van der Waals surface area contributed by atoms with Gasteiger partial charge in [-0.3, -0.25) is 23.7 Å². The Bertz CT molecular complexity index is 913. The Hall–Kier alpha value is -2.74. The standard InChI is InChI=1S/C18H22N4O4/c1-21-15(10-16(24)22(2)18(21)26)17(25)20-14(12-8-13(23)9-12)7-11-3-5-19-6-4-11/h3-6,10,12-14,23H,7-9H2,1-2H3,(H,20,25). The average Bonchev–Trinajstić information content (AvgIpc) is 2.60.